The number of rotatable bonds is 5. The summed E-state index contributed by atoms with van der Waals surface area (Å²) in [4.78, 5) is 9.11. The van der Waals surface area contributed by atoms with Gasteiger partial charge in [0.25, 0.3) is 0 Å². The van der Waals surface area contributed by atoms with E-state index in [1.807, 2.05) is 11.6 Å². The summed E-state index contributed by atoms with van der Waals surface area (Å²) < 4.78 is 7.05. The quantitative estimate of drug-likeness (QED) is 0.783. The molecule has 1 saturated carbocycles. The van der Waals surface area contributed by atoms with Crippen LogP contribution >= 0.6 is 0 Å². The third-order valence-corrected chi connectivity index (χ3v) is 4.43. The third-order valence-electron chi connectivity index (χ3n) is 4.43. The van der Waals surface area contributed by atoms with Crippen LogP contribution in [0.3, 0.4) is 0 Å². The Labute approximate surface area is 134 Å². The fourth-order valence-electron chi connectivity index (χ4n) is 3.07. The van der Waals surface area contributed by atoms with Gasteiger partial charge in [0.1, 0.15) is 0 Å². The van der Waals surface area contributed by atoms with Crippen LogP contribution in [0.2, 0.25) is 0 Å². The first-order valence-corrected chi connectivity index (χ1v) is 8.28. The van der Waals surface area contributed by atoms with E-state index in [9.17, 15) is 0 Å². The van der Waals surface area contributed by atoms with Crippen molar-refractivity contribution in [3.63, 3.8) is 0 Å². The standard InChI is InChI=1S/C14H22N8O/c1-11-15-13(17-23-11)9-20-5-2-6-21(8-7-20)10-14-16-18-19-22(14)12-3-4-12/h12H,2-10H2,1H3. The van der Waals surface area contributed by atoms with Gasteiger partial charge in [0.2, 0.25) is 5.89 Å². The maximum absolute atomic E-state index is 5.05. The highest BCUT2D eigenvalue weighted by atomic mass is 16.5. The van der Waals surface area contributed by atoms with Crippen LogP contribution in [-0.4, -0.2) is 66.3 Å². The maximum atomic E-state index is 5.05. The van der Waals surface area contributed by atoms with Crippen molar-refractivity contribution >= 4 is 0 Å². The fraction of sp³-hybridized carbons (Fsp3) is 0.786. The van der Waals surface area contributed by atoms with Crippen molar-refractivity contribution in [3.05, 3.63) is 17.5 Å². The Kier molecular flexibility index (Phi) is 4.04. The molecule has 0 aromatic carbocycles. The van der Waals surface area contributed by atoms with Gasteiger partial charge in [0.05, 0.1) is 19.1 Å². The molecule has 2 fully saturated rings. The van der Waals surface area contributed by atoms with Crippen molar-refractivity contribution in [1.82, 2.24) is 40.1 Å². The predicted molar refractivity (Wildman–Crippen MR) is 80.3 cm³/mol. The van der Waals surface area contributed by atoms with Crippen LogP contribution in [0, 0.1) is 6.92 Å². The lowest BCUT2D eigenvalue weighted by atomic mass is 10.3. The number of aryl methyl sites for hydroxylation is 1. The number of tetrazole rings is 1. The Hall–Kier alpha value is -1.87. The van der Waals surface area contributed by atoms with Crippen molar-refractivity contribution < 1.29 is 4.52 Å². The van der Waals surface area contributed by atoms with Gasteiger partial charge in [-0.2, -0.15) is 4.98 Å². The topological polar surface area (TPSA) is 89.0 Å². The van der Waals surface area contributed by atoms with E-state index < -0.39 is 0 Å². The molecular weight excluding hydrogens is 296 g/mol. The van der Waals surface area contributed by atoms with Gasteiger partial charge in [-0.1, -0.05) is 5.16 Å². The molecule has 0 bridgehead atoms. The summed E-state index contributed by atoms with van der Waals surface area (Å²) in [5.74, 6) is 2.40. The van der Waals surface area contributed by atoms with E-state index in [0.29, 0.717) is 11.9 Å². The molecule has 2 aromatic rings. The van der Waals surface area contributed by atoms with Gasteiger partial charge in [0.15, 0.2) is 11.6 Å². The Bertz CT molecular complexity index is 649. The predicted octanol–water partition coefficient (Wildman–Crippen LogP) is 0.407. The van der Waals surface area contributed by atoms with Crippen molar-refractivity contribution in [1.29, 1.82) is 0 Å². The van der Waals surface area contributed by atoms with Crippen molar-refractivity contribution in [2.45, 2.75) is 45.3 Å². The lowest BCUT2D eigenvalue weighted by molar-refractivity contribution is 0.235. The smallest absolute Gasteiger partial charge is 0.223 e. The molecule has 0 radical (unpaired) electrons. The molecule has 9 heteroatoms. The minimum absolute atomic E-state index is 0.532. The average molecular weight is 318 g/mol. The molecule has 0 atom stereocenters. The molecule has 9 nitrogen and oxygen atoms in total. The fourth-order valence-corrected chi connectivity index (χ4v) is 3.07. The second kappa shape index (κ2) is 6.32. The highest BCUT2D eigenvalue weighted by Crippen LogP contribution is 2.34. The second-order valence-electron chi connectivity index (χ2n) is 6.41. The van der Waals surface area contributed by atoms with Crippen LogP contribution < -0.4 is 0 Å². The molecule has 0 unspecified atom stereocenters. The molecule has 3 heterocycles. The van der Waals surface area contributed by atoms with E-state index in [4.69, 9.17) is 4.52 Å². The van der Waals surface area contributed by atoms with Crippen molar-refractivity contribution in [2.75, 3.05) is 26.2 Å². The van der Waals surface area contributed by atoms with Crippen LogP contribution in [0.25, 0.3) is 0 Å². The summed E-state index contributed by atoms with van der Waals surface area (Å²) in [6.07, 6.45) is 3.54. The molecule has 2 aliphatic rings. The van der Waals surface area contributed by atoms with Gasteiger partial charge in [0, 0.05) is 20.0 Å². The Morgan fingerprint density at radius 2 is 1.87 bits per heavy atom. The zero-order valence-corrected chi connectivity index (χ0v) is 13.4. The average Bonchev–Trinajstić information content (AvgIpc) is 3.21. The molecule has 4 rings (SSSR count). The zero-order valence-electron chi connectivity index (χ0n) is 13.4. The summed E-state index contributed by atoms with van der Waals surface area (Å²) in [6.45, 7) is 7.54. The van der Waals surface area contributed by atoms with Crippen LogP contribution in [-0.2, 0) is 13.1 Å². The summed E-state index contributed by atoms with van der Waals surface area (Å²) in [5, 5.41) is 16.2. The van der Waals surface area contributed by atoms with Crippen LogP contribution in [0.15, 0.2) is 4.52 Å². The highest BCUT2D eigenvalue weighted by Gasteiger charge is 2.28. The minimum Gasteiger partial charge on any atom is -0.340 e. The van der Waals surface area contributed by atoms with Gasteiger partial charge < -0.3 is 4.52 Å². The number of hydrogen-bond acceptors (Lipinski definition) is 8. The monoisotopic (exact) mass is 318 g/mol. The molecule has 2 aromatic heterocycles. The van der Waals surface area contributed by atoms with E-state index in [-0.39, 0.29) is 0 Å². The van der Waals surface area contributed by atoms with Crippen molar-refractivity contribution in [2.24, 2.45) is 0 Å². The molecule has 23 heavy (non-hydrogen) atoms. The largest absolute Gasteiger partial charge is 0.340 e. The van der Waals surface area contributed by atoms with Gasteiger partial charge >= 0.3 is 0 Å². The maximum Gasteiger partial charge on any atom is 0.223 e. The summed E-state index contributed by atoms with van der Waals surface area (Å²) in [5.41, 5.74) is 0. The molecule has 0 spiro atoms. The van der Waals surface area contributed by atoms with Crippen LogP contribution in [0.1, 0.15) is 42.8 Å². The lowest BCUT2D eigenvalue weighted by Crippen LogP contribution is -2.31. The summed E-state index contributed by atoms with van der Waals surface area (Å²) in [7, 11) is 0. The summed E-state index contributed by atoms with van der Waals surface area (Å²) >= 11 is 0. The number of aromatic nitrogens is 6. The highest BCUT2D eigenvalue weighted by molar-refractivity contribution is 4.91. The first-order valence-electron chi connectivity index (χ1n) is 8.28. The van der Waals surface area contributed by atoms with Crippen LogP contribution in [0.4, 0.5) is 0 Å². The molecule has 1 saturated heterocycles. The second-order valence-corrected chi connectivity index (χ2v) is 6.41. The third kappa shape index (κ3) is 3.56. The van der Waals surface area contributed by atoms with Crippen molar-refractivity contribution in [3.8, 4) is 0 Å². The van der Waals surface area contributed by atoms with Gasteiger partial charge in [-0.05, 0) is 42.8 Å². The Morgan fingerprint density at radius 3 is 2.57 bits per heavy atom. The van der Waals surface area contributed by atoms with Gasteiger partial charge in [-0.25, -0.2) is 4.68 Å². The molecular formula is C14H22N8O. The molecule has 0 N–H and O–H groups in total. The van der Waals surface area contributed by atoms with E-state index in [1.165, 1.54) is 12.8 Å². The lowest BCUT2D eigenvalue weighted by Gasteiger charge is -2.20. The zero-order chi connectivity index (χ0) is 15.6. The Balaban J connectivity index is 1.32. The van der Waals surface area contributed by atoms with E-state index in [0.717, 1.165) is 57.3 Å². The number of nitrogens with zero attached hydrogens (tertiary/aromatic N) is 8. The summed E-state index contributed by atoms with van der Waals surface area (Å²) in [6, 6.07) is 0.532. The van der Waals surface area contributed by atoms with E-state index in [1.54, 1.807) is 0 Å². The SMILES string of the molecule is Cc1nc(CN2CCCN(Cc3nnnn3C3CC3)CC2)no1. The molecule has 1 aliphatic heterocycles. The minimum atomic E-state index is 0.532. The molecule has 1 aliphatic carbocycles. The van der Waals surface area contributed by atoms with Gasteiger partial charge in [-0.3, -0.25) is 9.80 Å². The van der Waals surface area contributed by atoms with E-state index in [2.05, 4.69) is 35.5 Å². The van der Waals surface area contributed by atoms with E-state index >= 15 is 0 Å². The number of hydrogen-bond donors (Lipinski definition) is 0. The first kappa shape index (κ1) is 14.7. The first-order chi connectivity index (χ1) is 11.3. The normalized spacial score (nSPS) is 20.7. The van der Waals surface area contributed by atoms with Crippen LogP contribution in [0.5, 0.6) is 0 Å². The molecule has 124 valence electrons. The Morgan fingerprint density at radius 1 is 1.09 bits per heavy atom. The molecule has 0 amide bonds. The van der Waals surface area contributed by atoms with Gasteiger partial charge in [-0.15, -0.1) is 5.10 Å².